The third-order valence-corrected chi connectivity index (χ3v) is 3.86. The second kappa shape index (κ2) is 8.34. The van der Waals surface area contributed by atoms with Crippen LogP contribution in [-0.2, 0) is 0 Å². The number of halogens is 2. The Bertz CT molecular complexity index is 994. The Hall–Kier alpha value is -3.68. The van der Waals surface area contributed by atoms with Crippen molar-refractivity contribution in [2.24, 2.45) is 0 Å². The van der Waals surface area contributed by atoms with E-state index in [1.807, 2.05) is 0 Å². The molecule has 0 bridgehead atoms. The summed E-state index contributed by atoms with van der Waals surface area (Å²) in [6, 6.07) is 11.5. The average Bonchev–Trinajstić information content (AvgIpc) is 2.71. The molecule has 0 fully saturated rings. The van der Waals surface area contributed by atoms with Gasteiger partial charge in [0.25, 0.3) is 5.91 Å². The van der Waals surface area contributed by atoms with Crippen LogP contribution in [-0.4, -0.2) is 25.1 Å². The molecule has 0 aliphatic heterocycles. The molecule has 144 valence electrons. The van der Waals surface area contributed by atoms with Gasteiger partial charge in [-0.25, -0.2) is 13.8 Å². The fourth-order valence-corrected chi connectivity index (χ4v) is 2.44. The fraction of sp³-hybridized carbons (Fsp3) is 0.100. The predicted octanol–water partition coefficient (Wildman–Crippen LogP) is 4.37. The van der Waals surface area contributed by atoms with E-state index in [4.69, 9.17) is 9.47 Å². The molecule has 8 heteroatoms. The number of pyridine rings is 1. The molecule has 6 nitrogen and oxygen atoms in total. The van der Waals surface area contributed by atoms with Crippen LogP contribution in [0.5, 0.6) is 11.5 Å². The molecule has 0 unspecified atom stereocenters. The maximum Gasteiger partial charge on any atom is 0.255 e. The van der Waals surface area contributed by atoms with Crippen molar-refractivity contribution in [3.63, 3.8) is 0 Å². The molecular weight excluding hydrogens is 368 g/mol. The zero-order valence-corrected chi connectivity index (χ0v) is 15.1. The van der Waals surface area contributed by atoms with E-state index in [0.29, 0.717) is 34.3 Å². The third kappa shape index (κ3) is 4.35. The Kier molecular flexibility index (Phi) is 5.69. The Morgan fingerprint density at radius 3 is 2.29 bits per heavy atom. The Morgan fingerprint density at radius 1 is 0.893 bits per heavy atom. The number of aromatic nitrogens is 1. The fourth-order valence-electron chi connectivity index (χ4n) is 2.44. The third-order valence-electron chi connectivity index (χ3n) is 3.86. The van der Waals surface area contributed by atoms with Crippen LogP contribution in [0.25, 0.3) is 0 Å². The van der Waals surface area contributed by atoms with Gasteiger partial charge in [-0.05, 0) is 42.5 Å². The van der Waals surface area contributed by atoms with Crippen LogP contribution in [0, 0.1) is 11.6 Å². The molecule has 1 aromatic heterocycles. The van der Waals surface area contributed by atoms with Crippen LogP contribution in [0.3, 0.4) is 0 Å². The first kappa shape index (κ1) is 19.1. The van der Waals surface area contributed by atoms with Gasteiger partial charge in [0.05, 0.1) is 26.1 Å². The number of benzene rings is 2. The summed E-state index contributed by atoms with van der Waals surface area (Å²) >= 11 is 0. The van der Waals surface area contributed by atoms with E-state index in [2.05, 4.69) is 15.6 Å². The van der Waals surface area contributed by atoms with Gasteiger partial charge in [-0.3, -0.25) is 4.79 Å². The average molecular weight is 385 g/mol. The van der Waals surface area contributed by atoms with E-state index in [1.54, 1.807) is 30.3 Å². The van der Waals surface area contributed by atoms with Gasteiger partial charge in [0.1, 0.15) is 5.82 Å². The van der Waals surface area contributed by atoms with Crippen LogP contribution in [0.2, 0.25) is 0 Å². The molecule has 28 heavy (non-hydrogen) atoms. The van der Waals surface area contributed by atoms with Crippen molar-refractivity contribution in [1.82, 2.24) is 4.98 Å². The van der Waals surface area contributed by atoms with Crippen LogP contribution >= 0.6 is 0 Å². The van der Waals surface area contributed by atoms with Gasteiger partial charge in [0, 0.05) is 17.3 Å². The number of carbonyl (C=O) groups is 1. The first-order valence-electron chi connectivity index (χ1n) is 8.21. The normalized spacial score (nSPS) is 10.3. The van der Waals surface area contributed by atoms with Crippen molar-refractivity contribution in [2.75, 3.05) is 24.9 Å². The number of methoxy groups -OCH3 is 2. The van der Waals surface area contributed by atoms with E-state index in [0.717, 1.165) is 12.1 Å². The lowest BCUT2D eigenvalue weighted by Crippen LogP contribution is -2.12. The highest BCUT2D eigenvalue weighted by Gasteiger charge is 2.11. The van der Waals surface area contributed by atoms with Gasteiger partial charge >= 0.3 is 0 Å². The SMILES string of the molecule is COc1ccc(C(=O)Nc2ccc(Nc3ccc(F)c(F)c3)nc2)cc1OC. The summed E-state index contributed by atoms with van der Waals surface area (Å²) in [6.45, 7) is 0. The minimum Gasteiger partial charge on any atom is -0.493 e. The number of anilines is 3. The van der Waals surface area contributed by atoms with Gasteiger partial charge in [0.15, 0.2) is 23.1 Å². The molecule has 0 aliphatic carbocycles. The van der Waals surface area contributed by atoms with E-state index in [-0.39, 0.29) is 5.91 Å². The predicted molar refractivity (Wildman–Crippen MR) is 101 cm³/mol. The van der Waals surface area contributed by atoms with E-state index in [1.165, 1.54) is 26.5 Å². The molecule has 3 rings (SSSR count). The summed E-state index contributed by atoms with van der Waals surface area (Å²) in [6.07, 6.45) is 1.45. The number of carbonyl (C=O) groups excluding carboxylic acids is 1. The summed E-state index contributed by atoms with van der Waals surface area (Å²) in [5.74, 6) is -0.845. The van der Waals surface area contributed by atoms with E-state index in [9.17, 15) is 13.6 Å². The largest absolute Gasteiger partial charge is 0.493 e. The van der Waals surface area contributed by atoms with Gasteiger partial charge < -0.3 is 20.1 Å². The van der Waals surface area contributed by atoms with Crippen molar-refractivity contribution in [1.29, 1.82) is 0 Å². The molecule has 0 atom stereocenters. The van der Waals surface area contributed by atoms with E-state index < -0.39 is 11.6 Å². The van der Waals surface area contributed by atoms with Crippen molar-refractivity contribution in [2.45, 2.75) is 0 Å². The number of amides is 1. The van der Waals surface area contributed by atoms with Crippen LogP contribution in [0.4, 0.5) is 26.0 Å². The molecule has 1 amide bonds. The summed E-state index contributed by atoms with van der Waals surface area (Å²) in [5, 5.41) is 5.57. The Morgan fingerprint density at radius 2 is 1.64 bits per heavy atom. The minimum atomic E-state index is -0.955. The monoisotopic (exact) mass is 385 g/mol. The molecule has 2 N–H and O–H groups in total. The summed E-state index contributed by atoms with van der Waals surface area (Å²) in [7, 11) is 3.00. The minimum absolute atomic E-state index is 0.343. The highest BCUT2D eigenvalue weighted by molar-refractivity contribution is 6.04. The molecule has 3 aromatic rings. The lowest BCUT2D eigenvalue weighted by molar-refractivity contribution is 0.102. The van der Waals surface area contributed by atoms with Gasteiger partial charge in [-0.15, -0.1) is 0 Å². The topological polar surface area (TPSA) is 72.5 Å². The summed E-state index contributed by atoms with van der Waals surface area (Å²) in [4.78, 5) is 16.5. The first-order chi connectivity index (χ1) is 13.5. The van der Waals surface area contributed by atoms with Crippen LogP contribution in [0.1, 0.15) is 10.4 Å². The van der Waals surface area contributed by atoms with Gasteiger partial charge in [0.2, 0.25) is 0 Å². The standard InChI is InChI=1S/C20H17F2N3O3/c1-27-17-7-3-12(9-18(17)28-2)20(26)25-14-5-8-19(23-11-14)24-13-4-6-15(21)16(22)10-13/h3-11H,1-2H3,(H,23,24)(H,25,26). The molecular formula is C20H17F2N3O3. The lowest BCUT2D eigenvalue weighted by Gasteiger charge is -2.10. The van der Waals surface area contributed by atoms with Crippen molar-refractivity contribution < 1.29 is 23.0 Å². The van der Waals surface area contributed by atoms with E-state index >= 15 is 0 Å². The second-order valence-corrected chi connectivity index (χ2v) is 5.71. The van der Waals surface area contributed by atoms with Crippen molar-refractivity contribution in [3.8, 4) is 11.5 Å². The molecule has 0 spiro atoms. The van der Waals surface area contributed by atoms with Crippen LogP contribution in [0.15, 0.2) is 54.7 Å². The highest BCUT2D eigenvalue weighted by atomic mass is 19.2. The summed E-state index contributed by atoms with van der Waals surface area (Å²) < 4.78 is 36.6. The molecule has 0 saturated carbocycles. The second-order valence-electron chi connectivity index (χ2n) is 5.71. The Labute approximate surface area is 160 Å². The molecule has 0 aliphatic rings. The lowest BCUT2D eigenvalue weighted by atomic mass is 10.2. The van der Waals surface area contributed by atoms with Crippen LogP contribution < -0.4 is 20.1 Å². The Balaban J connectivity index is 1.68. The summed E-state index contributed by atoms with van der Waals surface area (Å²) in [5.41, 5.74) is 1.21. The number of hydrogen-bond donors (Lipinski definition) is 2. The number of rotatable bonds is 6. The smallest absolute Gasteiger partial charge is 0.255 e. The first-order valence-corrected chi connectivity index (χ1v) is 8.21. The quantitative estimate of drug-likeness (QED) is 0.659. The van der Waals surface area contributed by atoms with Crippen molar-refractivity contribution in [3.05, 3.63) is 71.9 Å². The number of hydrogen-bond acceptors (Lipinski definition) is 5. The maximum atomic E-state index is 13.3. The molecule has 0 radical (unpaired) electrons. The number of ether oxygens (including phenoxy) is 2. The maximum absolute atomic E-state index is 13.3. The molecule has 2 aromatic carbocycles. The van der Waals surface area contributed by atoms with Gasteiger partial charge in [-0.1, -0.05) is 0 Å². The number of nitrogens with one attached hydrogen (secondary N) is 2. The molecule has 0 saturated heterocycles. The molecule has 1 heterocycles. The number of nitrogens with zero attached hydrogens (tertiary/aromatic N) is 1. The van der Waals surface area contributed by atoms with Crippen molar-refractivity contribution >= 4 is 23.1 Å². The zero-order chi connectivity index (χ0) is 20.1. The van der Waals surface area contributed by atoms with Gasteiger partial charge in [-0.2, -0.15) is 0 Å². The zero-order valence-electron chi connectivity index (χ0n) is 15.1. The highest BCUT2D eigenvalue weighted by Crippen LogP contribution is 2.28.